The molecule has 0 aliphatic rings. The van der Waals surface area contributed by atoms with Crippen LogP contribution in [0.4, 0.5) is 17.3 Å². The molecule has 2 heterocycles. The van der Waals surface area contributed by atoms with Crippen molar-refractivity contribution in [1.82, 2.24) is 10.2 Å². The van der Waals surface area contributed by atoms with E-state index in [1.807, 2.05) is 35.7 Å². The van der Waals surface area contributed by atoms with Gasteiger partial charge in [0.15, 0.2) is 11.6 Å². The molecule has 0 unspecified atom stereocenters. The quantitative estimate of drug-likeness (QED) is 0.714. The summed E-state index contributed by atoms with van der Waals surface area (Å²) in [7, 11) is 0. The van der Waals surface area contributed by atoms with Gasteiger partial charge in [0.25, 0.3) is 5.91 Å². The molecular formula is C15H11BrN4OS. The summed E-state index contributed by atoms with van der Waals surface area (Å²) in [6.45, 7) is 0. The molecule has 22 heavy (non-hydrogen) atoms. The number of halogens is 1. The highest BCUT2D eigenvalue weighted by Crippen LogP contribution is 2.19. The average Bonchev–Trinajstić information content (AvgIpc) is 3.04. The van der Waals surface area contributed by atoms with Gasteiger partial charge in [-0.15, -0.1) is 21.5 Å². The van der Waals surface area contributed by atoms with E-state index in [1.165, 1.54) is 11.3 Å². The molecule has 0 atom stereocenters. The number of amides is 1. The fourth-order valence-electron chi connectivity index (χ4n) is 1.77. The number of thiophene rings is 1. The second-order valence-electron chi connectivity index (χ2n) is 4.37. The summed E-state index contributed by atoms with van der Waals surface area (Å²) in [4.78, 5) is 12.5. The van der Waals surface area contributed by atoms with Crippen LogP contribution in [0.25, 0.3) is 0 Å². The number of benzene rings is 1. The highest BCUT2D eigenvalue weighted by atomic mass is 79.9. The normalized spacial score (nSPS) is 10.2. The maximum absolute atomic E-state index is 11.9. The summed E-state index contributed by atoms with van der Waals surface area (Å²) in [6, 6.07) is 14.8. The minimum atomic E-state index is -0.183. The van der Waals surface area contributed by atoms with Crippen molar-refractivity contribution < 1.29 is 4.79 Å². The second kappa shape index (κ2) is 6.67. The van der Waals surface area contributed by atoms with E-state index in [9.17, 15) is 4.79 Å². The van der Waals surface area contributed by atoms with Crippen LogP contribution in [0.2, 0.25) is 0 Å². The van der Waals surface area contributed by atoms with Gasteiger partial charge in [0.1, 0.15) is 0 Å². The molecule has 0 saturated heterocycles. The molecule has 1 aromatic carbocycles. The third-order valence-electron chi connectivity index (χ3n) is 2.75. The number of anilines is 3. The van der Waals surface area contributed by atoms with Gasteiger partial charge in [-0.1, -0.05) is 28.1 Å². The van der Waals surface area contributed by atoms with Crippen molar-refractivity contribution in [3.05, 3.63) is 63.3 Å². The van der Waals surface area contributed by atoms with Gasteiger partial charge in [0.2, 0.25) is 0 Å². The maximum Gasteiger partial charge on any atom is 0.266 e. The van der Waals surface area contributed by atoms with Gasteiger partial charge in [-0.25, -0.2) is 0 Å². The zero-order valence-electron chi connectivity index (χ0n) is 11.3. The monoisotopic (exact) mass is 374 g/mol. The van der Waals surface area contributed by atoms with Gasteiger partial charge in [-0.3, -0.25) is 4.79 Å². The number of carbonyl (C=O) groups is 1. The van der Waals surface area contributed by atoms with Crippen LogP contribution in [0.1, 0.15) is 9.67 Å². The summed E-state index contributed by atoms with van der Waals surface area (Å²) >= 11 is 4.79. The van der Waals surface area contributed by atoms with Gasteiger partial charge in [0.05, 0.1) is 4.88 Å². The number of rotatable bonds is 4. The van der Waals surface area contributed by atoms with E-state index < -0.39 is 0 Å². The third-order valence-corrected chi connectivity index (χ3v) is 4.11. The largest absolute Gasteiger partial charge is 0.339 e. The number of hydrogen-bond donors (Lipinski definition) is 2. The van der Waals surface area contributed by atoms with Crippen LogP contribution in [-0.2, 0) is 0 Å². The van der Waals surface area contributed by atoms with Crippen LogP contribution in [0.15, 0.2) is 58.4 Å². The molecule has 0 bridgehead atoms. The van der Waals surface area contributed by atoms with Crippen LogP contribution in [0.3, 0.4) is 0 Å². The van der Waals surface area contributed by atoms with Crippen molar-refractivity contribution in [2.24, 2.45) is 0 Å². The lowest BCUT2D eigenvalue weighted by Gasteiger charge is -2.06. The Morgan fingerprint density at radius 2 is 1.86 bits per heavy atom. The fourth-order valence-corrected chi connectivity index (χ4v) is 2.78. The Morgan fingerprint density at radius 1 is 1.05 bits per heavy atom. The molecule has 5 nitrogen and oxygen atoms in total. The number of carbonyl (C=O) groups excluding carboxylic acids is 1. The second-order valence-corrected chi connectivity index (χ2v) is 6.23. The number of nitrogens with one attached hydrogen (secondary N) is 2. The number of nitrogens with zero attached hydrogens (tertiary/aromatic N) is 2. The zero-order chi connectivity index (χ0) is 15.4. The predicted molar refractivity (Wildman–Crippen MR) is 91.7 cm³/mol. The molecule has 7 heteroatoms. The molecule has 110 valence electrons. The molecule has 3 rings (SSSR count). The smallest absolute Gasteiger partial charge is 0.266 e. The molecule has 3 aromatic rings. The van der Waals surface area contributed by atoms with Gasteiger partial charge in [-0.2, -0.15) is 0 Å². The molecule has 0 aliphatic carbocycles. The lowest BCUT2D eigenvalue weighted by Crippen LogP contribution is -2.12. The highest BCUT2D eigenvalue weighted by Gasteiger charge is 2.08. The first-order valence-corrected chi connectivity index (χ1v) is 8.09. The minimum Gasteiger partial charge on any atom is -0.339 e. The van der Waals surface area contributed by atoms with E-state index in [-0.39, 0.29) is 5.91 Å². The van der Waals surface area contributed by atoms with Crippen molar-refractivity contribution in [2.45, 2.75) is 0 Å². The summed E-state index contributed by atoms with van der Waals surface area (Å²) in [6.07, 6.45) is 0. The Morgan fingerprint density at radius 3 is 2.55 bits per heavy atom. The molecule has 0 radical (unpaired) electrons. The van der Waals surface area contributed by atoms with Gasteiger partial charge < -0.3 is 10.6 Å². The molecule has 0 saturated carbocycles. The lowest BCUT2D eigenvalue weighted by atomic mass is 10.3. The first-order valence-electron chi connectivity index (χ1n) is 6.42. The van der Waals surface area contributed by atoms with E-state index in [2.05, 4.69) is 36.8 Å². The Kier molecular flexibility index (Phi) is 4.45. The first-order chi connectivity index (χ1) is 10.7. The Bertz CT molecular complexity index is 775. The topological polar surface area (TPSA) is 66.9 Å². The Hall–Kier alpha value is -2.25. The summed E-state index contributed by atoms with van der Waals surface area (Å²) < 4.78 is 0.977. The predicted octanol–water partition coefficient (Wildman–Crippen LogP) is 4.30. The van der Waals surface area contributed by atoms with Crippen LogP contribution in [0, 0.1) is 0 Å². The molecule has 1 amide bonds. The Labute approximate surface area is 139 Å². The van der Waals surface area contributed by atoms with Crippen molar-refractivity contribution in [3.8, 4) is 0 Å². The maximum atomic E-state index is 11.9. The SMILES string of the molecule is O=C(Nc1ccc(Nc2cccc(Br)c2)nn1)c1cccs1. The van der Waals surface area contributed by atoms with E-state index in [0.29, 0.717) is 16.5 Å². The van der Waals surface area contributed by atoms with Crippen molar-refractivity contribution in [3.63, 3.8) is 0 Å². The molecule has 2 N–H and O–H groups in total. The zero-order valence-corrected chi connectivity index (χ0v) is 13.7. The minimum absolute atomic E-state index is 0.183. The van der Waals surface area contributed by atoms with Gasteiger partial charge >= 0.3 is 0 Å². The van der Waals surface area contributed by atoms with Crippen LogP contribution in [-0.4, -0.2) is 16.1 Å². The number of aromatic nitrogens is 2. The average molecular weight is 375 g/mol. The van der Waals surface area contributed by atoms with Crippen molar-refractivity contribution in [1.29, 1.82) is 0 Å². The van der Waals surface area contributed by atoms with E-state index in [1.54, 1.807) is 18.2 Å². The van der Waals surface area contributed by atoms with E-state index in [4.69, 9.17) is 0 Å². The van der Waals surface area contributed by atoms with Gasteiger partial charge in [0, 0.05) is 10.2 Å². The van der Waals surface area contributed by atoms with E-state index >= 15 is 0 Å². The van der Waals surface area contributed by atoms with Crippen LogP contribution >= 0.6 is 27.3 Å². The lowest BCUT2D eigenvalue weighted by molar-refractivity contribution is 0.103. The molecule has 0 fully saturated rings. The first kappa shape index (κ1) is 14.7. The standard InChI is InChI=1S/C15H11BrN4OS/c16-10-3-1-4-11(9-10)17-13-6-7-14(20-19-13)18-15(21)12-5-2-8-22-12/h1-9H,(H,17,19)(H,18,20,21). The highest BCUT2D eigenvalue weighted by molar-refractivity contribution is 9.10. The molecule has 2 aromatic heterocycles. The van der Waals surface area contributed by atoms with Crippen molar-refractivity contribution >= 4 is 50.5 Å². The fraction of sp³-hybridized carbons (Fsp3) is 0. The summed E-state index contributed by atoms with van der Waals surface area (Å²) in [5.41, 5.74) is 0.902. The molecular weight excluding hydrogens is 364 g/mol. The van der Waals surface area contributed by atoms with Crippen LogP contribution in [0.5, 0.6) is 0 Å². The summed E-state index contributed by atoms with van der Waals surface area (Å²) in [5, 5.41) is 15.7. The number of hydrogen-bond acceptors (Lipinski definition) is 5. The molecule has 0 aliphatic heterocycles. The Balaban J connectivity index is 1.66. The molecule has 0 spiro atoms. The third kappa shape index (κ3) is 3.69. The summed E-state index contributed by atoms with van der Waals surface area (Å²) in [5.74, 6) is 0.836. The van der Waals surface area contributed by atoms with Crippen molar-refractivity contribution in [2.75, 3.05) is 10.6 Å². The van der Waals surface area contributed by atoms with Gasteiger partial charge in [-0.05, 0) is 41.8 Å². The van der Waals surface area contributed by atoms with Crippen LogP contribution < -0.4 is 10.6 Å². The van der Waals surface area contributed by atoms with E-state index in [0.717, 1.165) is 10.2 Å².